The van der Waals surface area contributed by atoms with Gasteiger partial charge >= 0.3 is 18.3 Å². The van der Waals surface area contributed by atoms with E-state index >= 15 is 0 Å². The van der Waals surface area contributed by atoms with Crippen molar-refractivity contribution in [3.05, 3.63) is 73.2 Å². The maximum absolute atomic E-state index is 14.6. The van der Waals surface area contributed by atoms with Crippen LogP contribution in [0.15, 0.2) is 40.9 Å². The lowest BCUT2D eigenvalue weighted by Gasteiger charge is -2.19. The third-order valence-electron chi connectivity index (χ3n) is 3.86. The van der Waals surface area contributed by atoms with Crippen LogP contribution < -0.4 is 0 Å². The van der Waals surface area contributed by atoms with Crippen LogP contribution in [0.4, 0.5) is 30.7 Å². The molecule has 0 heterocycles. The van der Waals surface area contributed by atoms with Crippen LogP contribution in [0.5, 0.6) is 0 Å². The lowest BCUT2D eigenvalue weighted by molar-refractivity contribution is -0.140. The molecule has 2 nitrogen and oxygen atoms in total. The predicted molar refractivity (Wildman–Crippen MR) is 100 cm³/mol. The highest BCUT2D eigenvalue weighted by atomic mass is 79.9. The Hall–Kier alpha value is -1.78. The van der Waals surface area contributed by atoms with E-state index in [0.29, 0.717) is 12.1 Å². The Balaban J connectivity index is 2.62. The van der Waals surface area contributed by atoms with E-state index in [9.17, 15) is 35.5 Å². The van der Waals surface area contributed by atoms with E-state index in [4.69, 9.17) is 28.3 Å². The van der Waals surface area contributed by atoms with Gasteiger partial charge in [-0.05, 0) is 51.8 Å². The molecule has 2 aromatic carbocycles. The number of hydrogen-bond donors (Lipinski definition) is 1. The Bertz CT molecular complexity index is 994. The summed E-state index contributed by atoms with van der Waals surface area (Å²) in [6.45, 7) is 0. The van der Waals surface area contributed by atoms with Crippen molar-refractivity contribution >= 4 is 50.9 Å². The molecule has 1 unspecified atom stereocenters. The number of allylic oxidation sites excluding steroid dienone is 1. The highest BCUT2D eigenvalue weighted by Gasteiger charge is 2.41. The zero-order valence-corrected chi connectivity index (χ0v) is 17.3. The van der Waals surface area contributed by atoms with Crippen molar-refractivity contribution in [1.82, 2.24) is 0 Å². The SMILES string of the molecule is O=C(O)c1ccc(/C(F)=C/C(c2cc(Cl)c(Br)c(Cl)c2)C(F)(F)F)cc1C(F)(F)F. The van der Waals surface area contributed by atoms with E-state index in [0.717, 1.165) is 12.1 Å². The predicted octanol–water partition coefficient (Wildman–Crippen LogP) is 8.13. The zero-order chi connectivity index (χ0) is 23.0. The van der Waals surface area contributed by atoms with Crippen molar-refractivity contribution in [2.75, 3.05) is 0 Å². The molecule has 0 bridgehead atoms. The van der Waals surface area contributed by atoms with Gasteiger partial charge in [-0.15, -0.1) is 0 Å². The number of benzene rings is 2. The van der Waals surface area contributed by atoms with Gasteiger partial charge in [0.1, 0.15) is 11.7 Å². The average molecular weight is 540 g/mol. The van der Waals surface area contributed by atoms with Crippen LogP contribution in [-0.2, 0) is 6.18 Å². The molecule has 2 aromatic rings. The topological polar surface area (TPSA) is 37.3 Å². The first kappa shape index (κ1) is 24.5. The second kappa shape index (κ2) is 8.76. The summed E-state index contributed by atoms with van der Waals surface area (Å²) in [4.78, 5) is 10.9. The molecule has 1 N–H and O–H groups in total. The monoisotopic (exact) mass is 538 g/mol. The summed E-state index contributed by atoms with van der Waals surface area (Å²) in [5.74, 6) is -6.16. The normalized spacial score (nSPS) is 14.0. The third kappa shape index (κ3) is 5.47. The van der Waals surface area contributed by atoms with Crippen LogP contribution in [0.2, 0.25) is 10.0 Å². The smallest absolute Gasteiger partial charge is 0.417 e. The number of carbonyl (C=O) groups is 1. The van der Waals surface area contributed by atoms with Crippen molar-refractivity contribution in [3.8, 4) is 0 Å². The van der Waals surface area contributed by atoms with Crippen molar-refractivity contribution in [2.24, 2.45) is 0 Å². The van der Waals surface area contributed by atoms with E-state index in [2.05, 4.69) is 15.9 Å². The number of aromatic carboxylic acids is 1. The first-order chi connectivity index (χ1) is 13.6. The molecular formula is C18H8BrCl2F7O2. The highest BCUT2D eigenvalue weighted by Crippen LogP contribution is 2.42. The molecule has 0 aliphatic carbocycles. The van der Waals surface area contributed by atoms with Crippen LogP contribution in [0.1, 0.15) is 33.0 Å². The summed E-state index contributed by atoms with van der Waals surface area (Å²) >= 11 is 14.5. The second-order valence-corrected chi connectivity index (χ2v) is 7.50. The van der Waals surface area contributed by atoms with Crippen molar-refractivity contribution in [3.63, 3.8) is 0 Å². The maximum Gasteiger partial charge on any atom is 0.417 e. The van der Waals surface area contributed by atoms with Gasteiger partial charge in [-0.1, -0.05) is 29.3 Å². The van der Waals surface area contributed by atoms with E-state index in [-0.39, 0.29) is 26.7 Å². The van der Waals surface area contributed by atoms with Gasteiger partial charge in [0.05, 0.1) is 25.6 Å². The molecule has 12 heteroatoms. The number of hydrogen-bond acceptors (Lipinski definition) is 1. The molecule has 0 saturated carbocycles. The lowest BCUT2D eigenvalue weighted by atomic mass is 9.95. The summed E-state index contributed by atoms with van der Waals surface area (Å²) in [6.07, 6.45) is -10.1. The lowest BCUT2D eigenvalue weighted by Crippen LogP contribution is -2.19. The molecule has 0 saturated heterocycles. The molecule has 1 atom stereocenters. The Morgan fingerprint density at radius 2 is 1.57 bits per heavy atom. The van der Waals surface area contributed by atoms with Gasteiger partial charge in [-0.2, -0.15) is 26.3 Å². The van der Waals surface area contributed by atoms with E-state index in [1.807, 2.05) is 0 Å². The second-order valence-electron chi connectivity index (χ2n) is 5.90. The van der Waals surface area contributed by atoms with Gasteiger partial charge in [0.2, 0.25) is 0 Å². The molecule has 0 aromatic heterocycles. The summed E-state index contributed by atoms with van der Waals surface area (Å²) in [5, 5.41) is 8.47. The van der Waals surface area contributed by atoms with Crippen LogP contribution >= 0.6 is 39.1 Å². The quantitative estimate of drug-likeness (QED) is 0.314. The van der Waals surface area contributed by atoms with Crippen molar-refractivity contribution in [2.45, 2.75) is 18.3 Å². The van der Waals surface area contributed by atoms with Crippen LogP contribution in [0, 0.1) is 0 Å². The summed E-state index contributed by atoms with van der Waals surface area (Å²) in [6, 6.07) is 3.00. The van der Waals surface area contributed by atoms with E-state index < -0.39 is 52.3 Å². The van der Waals surface area contributed by atoms with Gasteiger partial charge in [0.25, 0.3) is 0 Å². The average Bonchev–Trinajstić information content (AvgIpc) is 2.61. The summed E-state index contributed by atoms with van der Waals surface area (Å²) in [7, 11) is 0. The number of alkyl halides is 6. The summed E-state index contributed by atoms with van der Waals surface area (Å²) < 4.78 is 94.4. The Morgan fingerprint density at radius 1 is 1.03 bits per heavy atom. The third-order valence-corrected chi connectivity index (χ3v) is 5.77. The van der Waals surface area contributed by atoms with Gasteiger partial charge in [0.15, 0.2) is 0 Å². The minimum atomic E-state index is -5.17. The van der Waals surface area contributed by atoms with Gasteiger partial charge in [-0.3, -0.25) is 0 Å². The van der Waals surface area contributed by atoms with E-state index in [1.165, 1.54) is 0 Å². The maximum atomic E-state index is 14.6. The molecule has 0 fully saturated rings. The van der Waals surface area contributed by atoms with Crippen LogP contribution in [0.3, 0.4) is 0 Å². The minimum absolute atomic E-state index is 0.0613. The Labute approximate surface area is 183 Å². The fourth-order valence-electron chi connectivity index (χ4n) is 2.49. The number of halogens is 10. The molecule has 162 valence electrons. The summed E-state index contributed by atoms with van der Waals surface area (Å²) in [5.41, 5.74) is -4.29. The minimum Gasteiger partial charge on any atom is -0.478 e. The molecule has 2 rings (SSSR count). The van der Waals surface area contributed by atoms with Gasteiger partial charge in [0, 0.05) is 5.56 Å². The zero-order valence-electron chi connectivity index (χ0n) is 14.2. The Kier molecular flexibility index (Phi) is 7.15. The van der Waals surface area contributed by atoms with Gasteiger partial charge < -0.3 is 5.11 Å². The number of rotatable bonds is 4. The molecule has 0 radical (unpaired) electrons. The fraction of sp³-hybridized carbons (Fsp3) is 0.167. The van der Waals surface area contributed by atoms with Crippen LogP contribution in [0.25, 0.3) is 5.83 Å². The van der Waals surface area contributed by atoms with Crippen molar-refractivity contribution < 1.29 is 40.6 Å². The number of carboxylic acids is 1. The Morgan fingerprint density at radius 3 is 2.00 bits per heavy atom. The molecule has 0 aliphatic rings. The first-order valence-electron chi connectivity index (χ1n) is 7.66. The van der Waals surface area contributed by atoms with Crippen molar-refractivity contribution in [1.29, 1.82) is 0 Å². The van der Waals surface area contributed by atoms with Crippen LogP contribution in [-0.4, -0.2) is 17.3 Å². The fourth-order valence-corrected chi connectivity index (χ4v) is 3.22. The standard InChI is InChI=1S/C18H8BrCl2F7O2/c19-15-12(20)4-8(5-13(15)21)10(17(23,24)25)6-14(22)7-1-2-9(16(29)30)11(3-7)18(26,27)28/h1-6,10H,(H,29,30)/b14-6-. The first-order valence-corrected chi connectivity index (χ1v) is 9.21. The van der Waals surface area contributed by atoms with Gasteiger partial charge in [-0.25, -0.2) is 9.18 Å². The highest BCUT2D eigenvalue weighted by molar-refractivity contribution is 9.10. The molecule has 0 aliphatic heterocycles. The largest absolute Gasteiger partial charge is 0.478 e. The molecule has 30 heavy (non-hydrogen) atoms. The van der Waals surface area contributed by atoms with E-state index in [1.54, 1.807) is 0 Å². The molecular weight excluding hydrogens is 532 g/mol. The molecule has 0 amide bonds. The molecule has 0 spiro atoms. The number of carboxylic acid groups (broad SMARTS) is 1.